The molecule has 135 valence electrons. The summed E-state index contributed by atoms with van der Waals surface area (Å²) in [5.74, 6) is -2.69. The van der Waals surface area contributed by atoms with E-state index in [1.807, 2.05) is 20.8 Å². The minimum absolute atomic E-state index is 0. The topological polar surface area (TPSA) is 42.4 Å². The number of carbonyl (C=O) groups is 1. The second-order valence-corrected chi connectivity index (χ2v) is 7.37. The summed E-state index contributed by atoms with van der Waals surface area (Å²) in [4.78, 5) is 17.4. The molecule has 0 unspecified atom stereocenters. The van der Waals surface area contributed by atoms with Gasteiger partial charge in [0.1, 0.15) is 11.3 Å². The molecule has 0 atom stereocenters. The molecule has 1 amide bonds. The monoisotopic (exact) mass is 379 g/mol. The summed E-state index contributed by atoms with van der Waals surface area (Å²) >= 11 is 0. The number of likely N-dealkylation sites (tertiary alicyclic amines) is 1. The summed E-state index contributed by atoms with van der Waals surface area (Å²) in [5, 5.41) is 0. The van der Waals surface area contributed by atoms with Crippen molar-refractivity contribution in [3.63, 3.8) is 0 Å². The van der Waals surface area contributed by atoms with Gasteiger partial charge in [-0.05, 0) is 58.1 Å². The van der Waals surface area contributed by atoms with Gasteiger partial charge in [0.15, 0.2) is 0 Å². The average molecular weight is 380 g/mol. The molecule has 0 saturated carbocycles. The first-order valence-electron chi connectivity index (χ1n) is 8.45. The van der Waals surface area contributed by atoms with Gasteiger partial charge in [0.05, 0.1) is 0 Å². The zero-order valence-corrected chi connectivity index (χ0v) is 18.7. The summed E-state index contributed by atoms with van der Waals surface area (Å²) in [6.07, 6.45) is 2.77. The first-order valence-corrected chi connectivity index (χ1v) is 8.45. The number of nitrogens with zero attached hydrogens (tertiary/aromatic N) is 2. The van der Waals surface area contributed by atoms with E-state index in [0.717, 1.165) is 12.8 Å². The molecule has 1 radical (unpaired) electrons. The molecule has 1 saturated heterocycles. The maximum Gasteiger partial charge on any atom is 0.410 e. The number of pyridine rings is 1. The number of amides is 1. The van der Waals surface area contributed by atoms with Gasteiger partial charge in [-0.15, -0.1) is 0 Å². The molecule has 1 fully saturated rings. The molecular weight excluding hydrogens is 353 g/mol. The Morgan fingerprint density at radius 3 is 2.44 bits per heavy atom. The van der Waals surface area contributed by atoms with E-state index in [-0.39, 0.29) is 75.5 Å². The Hall–Kier alpha value is -0.0836. The third-order valence-electron chi connectivity index (χ3n) is 4.17. The molecule has 2 rings (SSSR count). The summed E-state index contributed by atoms with van der Waals surface area (Å²) in [5.41, 5.74) is -0.685. The van der Waals surface area contributed by atoms with Crippen molar-refractivity contribution >= 4 is 57.5 Å². The normalized spacial score (nSPS) is 16.3. The standard InChI is InChI=1S/C18H26F2N2O2.K/c1-17(2,3)24-16(23)22-12-8-14(9-13-22)7-10-18(19,20)15-6-4-5-11-21-15;/h4-6,11,14H,7-10,12-13H2,1-3H3;. The van der Waals surface area contributed by atoms with E-state index in [2.05, 4.69) is 4.98 Å². The van der Waals surface area contributed by atoms with Crippen LogP contribution in [0.5, 0.6) is 0 Å². The fourth-order valence-electron chi connectivity index (χ4n) is 2.82. The van der Waals surface area contributed by atoms with Gasteiger partial charge >= 0.3 is 6.09 Å². The Morgan fingerprint density at radius 1 is 1.28 bits per heavy atom. The van der Waals surface area contributed by atoms with Gasteiger partial charge in [0.2, 0.25) is 0 Å². The van der Waals surface area contributed by atoms with Crippen molar-refractivity contribution in [2.75, 3.05) is 13.1 Å². The fourth-order valence-corrected chi connectivity index (χ4v) is 2.82. The Morgan fingerprint density at radius 2 is 1.92 bits per heavy atom. The summed E-state index contributed by atoms with van der Waals surface area (Å²) in [7, 11) is 0. The van der Waals surface area contributed by atoms with Gasteiger partial charge in [-0.25, -0.2) is 4.79 Å². The van der Waals surface area contributed by atoms with Crippen molar-refractivity contribution in [3.05, 3.63) is 30.1 Å². The molecule has 4 nitrogen and oxygen atoms in total. The zero-order valence-electron chi connectivity index (χ0n) is 15.6. The van der Waals surface area contributed by atoms with Gasteiger partial charge in [0.25, 0.3) is 5.92 Å². The molecule has 0 aromatic carbocycles. The van der Waals surface area contributed by atoms with Gasteiger partial charge in [0, 0.05) is 77.1 Å². The number of ether oxygens (including phenoxy) is 1. The molecule has 1 aliphatic heterocycles. The number of carbonyl (C=O) groups excluding carboxylic acids is 1. The molecule has 0 spiro atoms. The van der Waals surface area contributed by atoms with Crippen molar-refractivity contribution < 1.29 is 18.3 Å². The van der Waals surface area contributed by atoms with Crippen LogP contribution in [0.1, 0.15) is 52.1 Å². The van der Waals surface area contributed by atoms with E-state index < -0.39 is 11.5 Å². The zero-order chi connectivity index (χ0) is 17.8. The molecule has 25 heavy (non-hydrogen) atoms. The summed E-state index contributed by atoms with van der Waals surface area (Å²) < 4.78 is 33.7. The van der Waals surface area contributed by atoms with E-state index in [9.17, 15) is 13.6 Å². The number of piperidine rings is 1. The second kappa shape index (κ2) is 9.74. The Balaban J connectivity index is 0.00000312. The third kappa shape index (κ3) is 7.59. The molecule has 7 heteroatoms. The minimum atomic E-state index is -2.90. The van der Waals surface area contributed by atoms with Crippen LogP contribution in [0.4, 0.5) is 13.6 Å². The molecular formula is C18H26F2KN2O2. The number of hydrogen-bond donors (Lipinski definition) is 0. The van der Waals surface area contributed by atoms with Gasteiger partial charge in [-0.1, -0.05) is 6.07 Å². The Labute approximate surface area is 191 Å². The van der Waals surface area contributed by atoms with Crippen molar-refractivity contribution in [1.29, 1.82) is 0 Å². The minimum Gasteiger partial charge on any atom is -0.444 e. The molecule has 0 bridgehead atoms. The predicted molar refractivity (Wildman–Crippen MR) is 93.7 cm³/mol. The van der Waals surface area contributed by atoms with E-state index in [1.165, 1.54) is 12.3 Å². The van der Waals surface area contributed by atoms with Crippen LogP contribution in [0.2, 0.25) is 0 Å². The van der Waals surface area contributed by atoms with Crippen LogP contribution < -0.4 is 0 Å². The summed E-state index contributed by atoms with van der Waals surface area (Å²) in [6, 6.07) is 4.58. The van der Waals surface area contributed by atoms with Crippen LogP contribution >= 0.6 is 0 Å². The largest absolute Gasteiger partial charge is 0.444 e. The summed E-state index contributed by atoms with van der Waals surface area (Å²) in [6.45, 7) is 6.62. The predicted octanol–water partition coefficient (Wildman–Crippen LogP) is 4.22. The Kier molecular flexibility index (Phi) is 8.94. The van der Waals surface area contributed by atoms with Crippen LogP contribution in [-0.2, 0) is 10.7 Å². The Bertz CT molecular complexity index is 542. The molecule has 1 aliphatic rings. The van der Waals surface area contributed by atoms with Gasteiger partial charge < -0.3 is 9.64 Å². The first kappa shape index (κ1) is 23.0. The van der Waals surface area contributed by atoms with Gasteiger partial charge in [-0.3, -0.25) is 4.98 Å². The molecule has 0 aliphatic carbocycles. The number of rotatable bonds is 4. The number of halogens is 2. The van der Waals surface area contributed by atoms with Crippen LogP contribution in [0.15, 0.2) is 24.4 Å². The van der Waals surface area contributed by atoms with Crippen molar-refractivity contribution in [1.82, 2.24) is 9.88 Å². The fraction of sp³-hybridized carbons (Fsp3) is 0.667. The smallest absolute Gasteiger partial charge is 0.410 e. The van der Waals surface area contributed by atoms with Gasteiger partial charge in [-0.2, -0.15) is 8.78 Å². The maximum atomic E-state index is 14.2. The number of hydrogen-bond acceptors (Lipinski definition) is 3. The van der Waals surface area contributed by atoms with E-state index in [1.54, 1.807) is 17.0 Å². The van der Waals surface area contributed by atoms with Crippen LogP contribution in [0.3, 0.4) is 0 Å². The molecule has 1 aromatic rings. The quantitative estimate of drug-likeness (QED) is 0.736. The maximum absolute atomic E-state index is 14.2. The van der Waals surface area contributed by atoms with Crippen LogP contribution in [-0.4, -0.2) is 86.1 Å². The second-order valence-electron chi connectivity index (χ2n) is 7.37. The molecule has 1 aromatic heterocycles. The number of alkyl halides is 2. The first-order chi connectivity index (χ1) is 11.2. The van der Waals surface area contributed by atoms with Crippen LogP contribution in [0.25, 0.3) is 0 Å². The van der Waals surface area contributed by atoms with Crippen molar-refractivity contribution in [2.24, 2.45) is 5.92 Å². The van der Waals surface area contributed by atoms with E-state index in [0.29, 0.717) is 19.5 Å². The third-order valence-corrected chi connectivity index (χ3v) is 4.17. The van der Waals surface area contributed by atoms with Crippen LogP contribution in [0, 0.1) is 5.92 Å². The molecule has 2 heterocycles. The SMILES string of the molecule is CC(C)(C)OC(=O)N1CCC(CCC(F)(F)c2ccccn2)CC1.[K]. The van der Waals surface area contributed by atoms with Crippen molar-refractivity contribution in [3.8, 4) is 0 Å². The van der Waals surface area contributed by atoms with Crippen molar-refractivity contribution in [2.45, 2.75) is 58.0 Å². The van der Waals surface area contributed by atoms with E-state index >= 15 is 0 Å². The molecule has 0 N–H and O–H groups in total. The number of aromatic nitrogens is 1. The van der Waals surface area contributed by atoms with E-state index in [4.69, 9.17) is 4.74 Å². The average Bonchev–Trinajstić information content (AvgIpc) is 2.53.